The van der Waals surface area contributed by atoms with Crippen LogP contribution in [0.1, 0.15) is 83.5 Å². The maximum absolute atomic E-state index is 13.5. The molecule has 2 aliphatic carbocycles. The average molecular weight is 295 g/mol. The van der Waals surface area contributed by atoms with Crippen molar-refractivity contribution in [2.45, 2.75) is 95.7 Å². The standard InChI is InChI=1S/C19H34FN/c20-17-11-9-16(10-12-17)19(15-6-2-1-3-7-15)14-18-8-4-5-13-21-18/h15-19,21H,1-14H2. The van der Waals surface area contributed by atoms with Gasteiger partial charge in [0.1, 0.15) is 6.17 Å². The molecule has 0 aromatic carbocycles. The van der Waals surface area contributed by atoms with Gasteiger partial charge in [-0.05, 0) is 69.2 Å². The molecule has 122 valence electrons. The van der Waals surface area contributed by atoms with Crippen molar-refractivity contribution in [3.8, 4) is 0 Å². The van der Waals surface area contributed by atoms with Crippen molar-refractivity contribution in [1.29, 1.82) is 0 Å². The Balaban J connectivity index is 1.61. The Morgan fingerprint density at radius 3 is 2.10 bits per heavy atom. The highest BCUT2D eigenvalue weighted by atomic mass is 19.1. The zero-order valence-corrected chi connectivity index (χ0v) is 13.7. The summed E-state index contributed by atoms with van der Waals surface area (Å²) < 4.78 is 13.5. The second-order valence-corrected chi connectivity index (χ2v) is 7.96. The molecule has 3 rings (SSSR count). The van der Waals surface area contributed by atoms with Gasteiger partial charge < -0.3 is 5.32 Å². The summed E-state index contributed by atoms with van der Waals surface area (Å²) in [5.41, 5.74) is 0. The highest BCUT2D eigenvalue weighted by molar-refractivity contribution is 4.87. The lowest BCUT2D eigenvalue weighted by Gasteiger charge is -2.41. The minimum atomic E-state index is -0.499. The van der Waals surface area contributed by atoms with Crippen molar-refractivity contribution in [2.75, 3.05) is 6.54 Å². The molecule has 3 aliphatic rings. The van der Waals surface area contributed by atoms with Crippen LogP contribution in [0.15, 0.2) is 0 Å². The molecule has 2 atom stereocenters. The van der Waals surface area contributed by atoms with Crippen molar-refractivity contribution in [3.63, 3.8) is 0 Å². The molecule has 1 saturated heterocycles. The molecule has 2 heteroatoms. The maximum Gasteiger partial charge on any atom is 0.100 e. The van der Waals surface area contributed by atoms with E-state index in [2.05, 4.69) is 5.32 Å². The van der Waals surface area contributed by atoms with Crippen LogP contribution in [0.3, 0.4) is 0 Å². The highest BCUT2D eigenvalue weighted by Gasteiger charge is 2.34. The molecule has 0 amide bonds. The predicted molar refractivity (Wildman–Crippen MR) is 87.2 cm³/mol. The van der Waals surface area contributed by atoms with Crippen LogP contribution >= 0.6 is 0 Å². The summed E-state index contributed by atoms with van der Waals surface area (Å²) in [5, 5.41) is 3.76. The summed E-state index contributed by atoms with van der Waals surface area (Å²) in [6.07, 6.45) is 16.3. The average Bonchev–Trinajstić information content (AvgIpc) is 2.55. The van der Waals surface area contributed by atoms with E-state index in [1.54, 1.807) is 0 Å². The van der Waals surface area contributed by atoms with Crippen LogP contribution in [0.5, 0.6) is 0 Å². The number of hydrogen-bond acceptors (Lipinski definition) is 1. The molecule has 0 aromatic rings. The first-order chi connectivity index (χ1) is 10.3. The first kappa shape index (κ1) is 15.8. The largest absolute Gasteiger partial charge is 0.314 e. The first-order valence-corrected chi connectivity index (χ1v) is 9.70. The molecule has 1 aliphatic heterocycles. The van der Waals surface area contributed by atoms with Gasteiger partial charge >= 0.3 is 0 Å². The van der Waals surface area contributed by atoms with Gasteiger partial charge in [-0.25, -0.2) is 4.39 Å². The Kier molecular flexibility index (Phi) is 5.97. The van der Waals surface area contributed by atoms with Crippen molar-refractivity contribution in [3.05, 3.63) is 0 Å². The molecular formula is C19H34FN. The summed E-state index contributed by atoms with van der Waals surface area (Å²) in [5.74, 6) is 2.65. The van der Waals surface area contributed by atoms with E-state index in [1.807, 2.05) is 0 Å². The highest BCUT2D eigenvalue weighted by Crippen LogP contribution is 2.43. The lowest BCUT2D eigenvalue weighted by atomic mass is 9.67. The van der Waals surface area contributed by atoms with Crippen LogP contribution in [-0.4, -0.2) is 18.8 Å². The van der Waals surface area contributed by atoms with Gasteiger partial charge in [-0.1, -0.05) is 38.5 Å². The zero-order chi connectivity index (χ0) is 14.5. The van der Waals surface area contributed by atoms with Gasteiger partial charge in [0.25, 0.3) is 0 Å². The van der Waals surface area contributed by atoms with Crippen LogP contribution in [-0.2, 0) is 0 Å². The molecule has 0 radical (unpaired) electrons. The molecule has 0 spiro atoms. The SMILES string of the molecule is FC1CCC(C(CC2CCCCN2)C2CCCCC2)CC1. The van der Waals surface area contributed by atoms with Gasteiger partial charge in [0.2, 0.25) is 0 Å². The van der Waals surface area contributed by atoms with Gasteiger partial charge in [0.05, 0.1) is 0 Å². The van der Waals surface area contributed by atoms with Crippen molar-refractivity contribution in [1.82, 2.24) is 5.32 Å². The Bertz CT molecular complexity index is 286. The third kappa shape index (κ3) is 4.43. The van der Waals surface area contributed by atoms with E-state index >= 15 is 0 Å². The molecule has 1 N–H and O–H groups in total. The molecule has 2 unspecified atom stereocenters. The van der Waals surface area contributed by atoms with E-state index in [1.165, 1.54) is 64.3 Å². The number of hydrogen-bond donors (Lipinski definition) is 1. The maximum atomic E-state index is 13.5. The van der Waals surface area contributed by atoms with Gasteiger partial charge in [0, 0.05) is 6.04 Å². The fourth-order valence-corrected chi connectivity index (χ4v) is 5.29. The van der Waals surface area contributed by atoms with E-state index < -0.39 is 6.17 Å². The molecule has 0 bridgehead atoms. The topological polar surface area (TPSA) is 12.0 Å². The second-order valence-electron chi connectivity index (χ2n) is 7.96. The van der Waals surface area contributed by atoms with Crippen molar-refractivity contribution in [2.24, 2.45) is 17.8 Å². The third-order valence-corrected chi connectivity index (χ3v) is 6.53. The van der Waals surface area contributed by atoms with E-state index in [0.717, 1.165) is 49.5 Å². The molecule has 1 heterocycles. The minimum Gasteiger partial charge on any atom is -0.314 e. The third-order valence-electron chi connectivity index (χ3n) is 6.53. The number of nitrogens with one attached hydrogen (secondary N) is 1. The van der Waals surface area contributed by atoms with Crippen LogP contribution in [0.4, 0.5) is 4.39 Å². The monoisotopic (exact) mass is 295 g/mol. The number of piperidine rings is 1. The molecular weight excluding hydrogens is 261 g/mol. The summed E-state index contributed by atoms with van der Waals surface area (Å²) in [4.78, 5) is 0. The van der Waals surface area contributed by atoms with Crippen LogP contribution < -0.4 is 5.32 Å². The summed E-state index contributed by atoms with van der Waals surface area (Å²) in [7, 11) is 0. The van der Waals surface area contributed by atoms with Gasteiger partial charge in [-0.3, -0.25) is 0 Å². The lowest BCUT2D eigenvalue weighted by molar-refractivity contribution is 0.0939. The summed E-state index contributed by atoms with van der Waals surface area (Å²) in [6, 6.07) is 0.758. The second kappa shape index (κ2) is 7.94. The molecule has 0 aromatic heterocycles. The van der Waals surface area contributed by atoms with Crippen LogP contribution in [0, 0.1) is 17.8 Å². The number of halogens is 1. The van der Waals surface area contributed by atoms with Gasteiger partial charge in [-0.15, -0.1) is 0 Å². The van der Waals surface area contributed by atoms with Crippen molar-refractivity contribution < 1.29 is 4.39 Å². The van der Waals surface area contributed by atoms with E-state index in [0.29, 0.717) is 0 Å². The van der Waals surface area contributed by atoms with Gasteiger partial charge in [-0.2, -0.15) is 0 Å². The predicted octanol–water partition coefficient (Wildman–Crippen LogP) is 5.24. The van der Waals surface area contributed by atoms with E-state index in [9.17, 15) is 4.39 Å². The van der Waals surface area contributed by atoms with Crippen LogP contribution in [0.25, 0.3) is 0 Å². The zero-order valence-electron chi connectivity index (χ0n) is 13.7. The molecule has 3 fully saturated rings. The number of rotatable bonds is 4. The molecule has 21 heavy (non-hydrogen) atoms. The van der Waals surface area contributed by atoms with Crippen LogP contribution in [0.2, 0.25) is 0 Å². The summed E-state index contributed by atoms with van der Waals surface area (Å²) >= 11 is 0. The lowest BCUT2D eigenvalue weighted by Crippen LogP contribution is -2.39. The Labute approximate surface area is 130 Å². The summed E-state index contributed by atoms with van der Waals surface area (Å²) in [6.45, 7) is 1.22. The fraction of sp³-hybridized carbons (Fsp3) is 1.00. The van der Waals surface area contributed by atoms with Gasteiger partial charge in [0.15, 0.2) is 0 Å². The van der Waals surface area contributed by atoms with E-state index in [-0.39, 0.29) is 0 Å². The van der Waals surface area contributed by atoms with Crippen molar-refractivity contribution >= 4 is 0 Å². The Hall–Kier alpha value is -0.110. The first-order valence-electron chi connectivity index (χ1n) is 9.70. The quantitative estimate of drug-likeness (QED) is 0.747. The Morgan fingerprint density at radius 2 is 1.43 bits per heavy atom. The number of alkyl halides is 1. The molecule has 1 nitrogen and oxygen atoms in total. The normalized spacial score (nSPS) is 37.3. The van der Waals surface area contributed by atoms with E-state index in [4.69, 9.17) is 0 Å². The Morgan fingerprint density at radius 1 is 0.762 bits per heavy atom. The smallest absolute Gasteiger partial charge is 0.100 e. The fourth-order valence-electron chi connectivity index (χ4n) is 5.29. The minimum absolute atomic E-state index is 0.499. The molecule has 2 saturated carbocycles.